The van der Waals surface area contributed by atoms with Crippen molar-refractivity contribution in [3.05, 3.63) is 0 Å². The first-order chi connectivity index (χ1) is 27.0. The van der Waals surface area contributed by atoms with E-state index in [1.165, 1.54) is 214 Å². The van der Waals surface area contributed by atoms with Gasteiger partial charge < -0.3 is 0 Å². The summed E-state index contributed by atoms with van der Waals surface area (Å²) in [7, 11) is 3.96. The number of rotatable bonds is 46. The van der Waals surface area contributed by atoms with E-state index in [-0.39, 0.29) is 11.9 Å². The first-order valence-corrected chi connectivity index (χ1v) is 37.6. The molecule has 0 aromatic rings. The third-order valence-electron chi connectivity index (χ3n) is 11.3. The molecule has 0 aromatic heterocycles. The van der Waals surface area contributed by atoms with Gasteiger partial charge in [-0.15, -0.1) is 0 Å². The Labute approximate surface area is 354 Å². The molecule has 0 radical (unpaired) electrons. The minimum Gasteiger partial charge on any atom is -0.0654 e. The summed E-state index contributed by atoms with van der Waals surface area (Å²) in [6, 6.07) is 0. The van der Waals surface area contributed by atoms with Crippen LogP contribution < -0.4 is 0 Å². The van der Waals surface area contributed by atoms with Crippen LogP contribution in [0, 0.1) is 0 Å². The number of carbonyl (C=O) groups excluding carboxylic acids is 2. The van der Waals surface area contributed by atoms with Crippen LogP contribution in [-0.2, 0) is 19.1 Å². The van der Waals surface area contributed by atoms with Gasteiger partial charge in [-0.25, -0.2) is 0 Å². The minimum atomic E-state index is -2.95. The minimum absolute atomic E-state index is 0.0322. The van der Waals surface area contributed by atoms with Gasteiger partial charge in [-0.1, -0.05) is 78.1 Å². The zero-order valence-electron chi connectivity index (χ0n) is 37.6. The third kappa shape index (κ3) is 41.0. The van der Waals surface area contributed by atoms with Gasteiger partial charge in [0, 0.05) is 0 Å². The zero-order chi connectivity index (χ0) is 40.2. The molecule has 55 heavy (non-hydrogen) atoms. The second kappa shape index (κ2) is 45.5. The average molecular weight is 920 g/mol. The van der Waals surface area contributed by atoms with E-state index in [0.29, 0.717) is 24.7 Å². The van der Waals surface area contributed by atoms with Crippen LogP contribution in [0.25, 0.3) is 0 Å². The Morgan fingerprint density at radius 2 is 0.545 bits per heavy atom. The molecule has 0 aliphatic rings. The van der Waals surface area contributed by atoms with Gasteiger partial charge in [-0.3, -0.25) is 0 Å². The fourth-order valence-electron chi connectivity index (χ4n) is 7.53. The van der Waals surface area contributed by atoms with Crippen LogP contribution in [0.1, 0.15) is 259 Å². The molecule has 0 rings (SSSR count). The number of ether oxygens (including phenoxy) is 2. The van der Waals surface area contributed by atoms with E-state index in [4.69, 9.17) is 9.47 Å². The number of unbranched alkanes of at least 4 members (excludes halogenated alkanes) is 32. The second-order valence-corrected chi connectivity index (χ2v) is 43.1. The molecule has 0 aliphatic carbocycles. The van der Waals surface area contributed by atoms with Gasteiger partial charge in [-0.2, -0.15) is 0 Å². The molecule has 4 nitrogen and oxygen atoms in total. The monoisotopic (exact) mass is 921 g/mol. The molecule has 0 aromatic carbocycles. The Morgan fingerprint density at radius 1 is 0.327 bits per heavy atom. The van der Waals surface area contributed by atoms with Gasteiger partial charge in [0.2, 0.25) is 0 Å². The Balaban J connectivity index is 4.78. The first-order valence-electron chi connectivity index (χ1n) is 24.6. The molecule has 7 heteroatoms. The predicted molar refractivity (Wildman–Crippen MR) is 251 cm³/mol. The summed E-state index contributed by atoms with van der Waals surface area (Å²) in [5.74, 6) is 0.882. The predicted octanol–water partition coefficient (Wildman–Crippen LogP) is 17.1. The van der Waals surface area contributed by atoms with Crippen molar-refractivity contribution in [1.29, 1.82) is 0 Å². The molecule has 0 bridgehead atoms. The summed E-state index contributed by atoms with van der Waals surface area (Å²) in [6.45, 7) is 10.3. The smallest absolute Gasteiger partial charge is 0.0654 e. The molecule has 0 fully saturated rings. The average Bonchev–Trinajstić information content (AvgIpc) is 3.19. The van der Waals surface area contributed by atoms with E-state index in [0.717, 1.165) is 25.7 Å². The Morgan fingerprint density at radius 3 is 0.800 bits per heavy atom. The van der Waals surface area contributed by atoms with E-state index < -0.39 is 15.6 Å². The van der Waals surface area contributed by atoms with E-state index in [1.807, 2.05) is 17.9 Å². The molecule has 0 N–H and O–H groups in total. The van der Waals surface area contributed by atoms with E-state index >= 15 is 0 Å². The number of hydrogen-bond acceptors (Lipinski definition) is 6. The normalized spacial score (nSPS) is 11.7. The van der Waals surface area contributed by atoms with Crippen LogP contribution >= 0.6 is 17.9 Å². The number of esters is 2. The van der Waals surface area contributed by atoms with Crippen molar-refractivity contribution >= 4 is 45.4 Å². The summed E-state index contributed by atoms with van der Waals surface area (Å²) in [5.41, 5.74) is 0. The first kappa shape index (κ1) is 55.4. The molecule has 0 spiro atoms. The second-order valence-electron chi connectivity index (χ2n) is 16.7. The van der Waals surface area contributed by atoms with Crippen LogP contribution in [0.5, 0.6) is 0 Å². The van der Waals surface area contributed by atoms with Crippen molar-refractivity contribution < 1.29 is 19.1 Å². The van der Waals surface area contributed by atoms with E-state index in [9.17, 15) is 9.59 Å². The van der Waals surface area contributed by atoms with Crippen LogP contribution in [0.15, 0.2) is 0 Å². The maximum atomic E-state index is 13.1. The fraction of sp³-hybridized carbons (Fsp3) is 0.958. The van der Waals surface area contributed by atoms with Gasteiger partial charge >= 0.3 is 279 Å². The van der Waals surface area contributed by atoms with Crippen LogP contribution in [0.2, 0.25) is 8.87 Å². The van der Waals surface area contributed by atoms with Gasteiger partial charge in [-0.05, 0) is 0 Å². The van der Waals surface area contributed by atoms with Crippen molar-refractivity contribution in [3.8, 4) is 0 Å². The fourth-order valence-corrected chi connectivity index (χ4v) is 34.4. The van der Waals surface area contributed by atoms with Crippen molar-refractivity contribution in [3.63, 3.8) is 0 Å². The molecular formula is C48H96O4S2Sn. The molecule has 0 amide bonds. The maximum absolute atomic E-state index is 13.1. The molecule has 0 saturated carbocycles. The summed E-state index contributed by atoms with van der Waals surface area (Å²) in [5, 5.41) is 0. The zero-order valence-corrected chi connectivity index (χ0v) is 42.1. The van der Waals surface area contributed by atoms with Gasteiger partial charge in [0.1, 0.15) is 0 Å². The molecule has 0 atom stereocenters. The van der Waals surface area contributed by atoms with Gasteiger partial charge in [0.25, 0.3) is 0 Å². The molecule has 0 unspecified atom stereocenters. The van der Waals surface area contributed by atoms with E-state index in [1.54, 1.807) is 0 Å². The van der Waals surface area contributed by atoms with Gasteiger partial charge in [0.05, 0.1) is 0 Å². The van der Waals surface area contributed by atoms with Crippen molar-refractivity contribution in [2.75, 3.05) is 24.7 Å². The molecule has 0 heterocycles. The summed E-state index contributed by atoms with van der Waals surface area (Å²) in [4.78, 5) is 26.1. The standard InChI is InChI=1S/2C16H32O2S.2C8H17.Sn/c2*1-2-3-4-5-6-7-8-9-10-11-12-13-14-18-16(17)15-19;2*1-3-5-7-8-6-4-2;/h2*19H,2-15H2,1H3;2*1,3-8H2,2H3;/q;;;;+2/p-2. The molecule has 328 valence electrons. The van der Waals surface area contributed by atoms with Crippen molar-refractivity contribution in [2.24, 2.45) is 0 Å². The van der Waals surface area contributed by atoms with Crippen molar-refractivity contribution in [1.82, 2.24) is 0 Å². The molecule has 0 aliphatic heterocycles. The Bertz CT molecular complexity index is 734. The molecular weight excluding hydrogens is 823 g/mol. The third-order valence-corrected chi connectivity index (χ3v) is 41.1. The number of hydrogen-bond donors (Lipinski definition) is 0. The SMILES string of the molecule is CCCCCCCCCCCCCCOC(=O)C[S][Sn]([CH2]CCCCCCC)([CH2]CCCCCCC)[S]CC(=O)OCCCCCCCCCCCCCC. The summed E-state index contributed by atoms with van der Waals surface area (Å²) >= 11 is -2.95. The molecule has 0 saturated heterocycles. The Kier molecular flexibility index (Phi) is 45.9. The van der Waals surface area contributed by atoms with Crippen LogP contribution in [-0.4, -0.2) is 52.3 Å². The summed E-state index contributed by atoms with van der Waals surface area (Å²) < 4.78 is 14.1. The van der Waals surface area contributed by atoms with Crippen molar-refractivity contribution in [2.45, 2.75) is 268 Å². The number of carbonyl (C=O) groups is 2. The topological polar surface area (TPSA) is 52.6 Å². The van der Waals surface area contributed by atoms with Crippen LogP contribution in [0.4, 0.5) is 0 Å². The Hall–Kier alpha value is 0.439. The van der Waals surface area contributed by atoms with Crippen LogP contribution in [0.3, 0.4) is 0 Å². The quantitative estimate of drug-likeness (QED) is 0.0344. The summed E-state index contributed by atoms with van der Waals surface area (Å²) in [6.07, 6.45) is 47.0. The van der Waals surface area contributed by atoms with E-state index in [2.05, 4.69) is 27.7 Å². The van der Waals surface area contributed by atoms with Gasteiger partial charge in [0.15, 0.2) is 0 Å².